The molecule has 0 aliphatic heterocycles. The number of benzene rings is 1. The number of nitrogen functional groups attached to an aromatic ring is 1. The summed E-state index contributed by atoms with van der Waals surface area (Å²) in [5.74, 6) is -1.03. The van der Waals surface area contributed by atoms with Crippen LogP contribution < -0.4 is 10.6 Å². The van der Waals surface area contributed by atoms with E-state index in [-0.39, 0.29) is 18.7 Å². The fourth-order valence-corrected chi connectivity index (χ4v) is 1.70. The monoisotopic (exact) mass is 254 g/mol. The number of anilines is 2. The minimum Gasteiger partial charge on any atom is -0.478 e. The number of ether oxygens (including phenoxy) is 1. The first-order chi connectivity index (χ1) is 8.45. The number of nitrogens with two attached hydrogens (primary N) is 1. The van der Waals surface area contributed by atoms with Crippen LogP contribution in [0.1, 0.15) is 10.4 Å². The van der Waals surface area contributed by atoms with Gasteiger partial charge in [0.2, 0.25) is 0 Å². The first kappa shape index (κ1) is 14.3. The normalized spacial score (nSPS) is 12.2. The molecule has 0 amide bonds. The van der Waals surface area contributed by atoms with Gasteiger partial charge in [0.1, 0.15) is 0 Å². The van der Waals surface area contributed by atoms with Gasteiger partial charge in [-0.25, -0.2) is 4.79 Å². The SMILES string of the molecule is COCC(O)CN(C)c1cc(N)ccc1C(=O)O. The molecule has 4 N–H and O–H groups in total. The Kier molecular flexibility index (Phi) is 4.94. The molecule has 6 nitrogen and oxygen atoms in total. The first-order valence-corrected chi connectivity index (χ1v) is 5.46. The number of aliphatic hydroxyl groups excluding tert-OH is 1. The van der Waals surface area contributed by atoms with Crippen LogP contribution in [-0.2, 0) is 4.74 Å². The van der Waals surface area contributed by atoms with Crippen LogP contribution in [0.15, 0.2) is 18.2 Å². The number of likely N-dealkylation sites (N-methyl/N-ethyl adjacent to an activating group) is 1. The Balaban J connectivity index is 2.93. The molecule has 0 bridgehead atoms. The van der Waals surface area contributed by atoms with Crippen molar-refractivity contribution in [3.05, 3.63) is 23.8 Å². The van der Waals surface area contributed by atoms with Crippen molar-refractivity contribution in [3.63, 3.8) is 0 Å². The van der Waals surface area contributed by atoms with E-state index < -0.39 is 12.1 Å². The lowest BCUT2D eigenvalue weighted by molar-refractivity contribution is 0.0680. The molecule has 0 aromatic heterocycles. The average molecular weight is 254 g/mol. The summed E-state index contributed by atoms with van der Waals surface area (Å²) in [7, 11) is 3.19. The van der Waals surface area contributed by atoms with Crippen LogP contribution in [0.25, 0.3) is 0 Å². The molecule has 18 heavy (non-hydrogen) atoms. The predicted octanol–water partition coefficient (Wildman–Crippen LogP) is 0.410. The summed E-state index contributed by atoms with van der Waals surface area (Å²) in [6.07, 6.45) is -0.692. The second-order valence-corrected chi connectivity index (χ2v) is 4.07. The van der Waals surface area contributed by atoms with E-state index in [1.165, 1.54) is 19.2 Å². The zero-order chi connectivity index (χ0) is 13.7. The van der Waals surface area contributed by atoms with Crippen LogP contribution in [0.3, 0.4) is 0 Å². The second-order valence-electron chi connectivity index (χ2n) is 4.07. The van der Waals surface area contributed by atoms with Gasteiger partial charge >= 0.3 is 5.97 Å². The molecule has 0 aliphatic carbocycles. The molecular formula is C12H18N2O4. The number of carbonyl (C=O) groups is 1. The predicted molar refractivity (Wildman–Crippen MR) is 69.0 cm³/mol. The molecule has 0 saturated heterocycles. The van der Waals surface area contributed by atoms with E-state index in [1.807, 2.05) is 0 Å². The minimum atomic E-state index is -1.03. The van der Waals surface area contributed by atoms with Crippen LogP contribution in [0.5, 0.6) is 0 Å². The van der Waals surface area contributed by atoms with Crippen molar-refractivity contribution in [3.8, 4) is 0 Å². The number of hydrogen-bond donors (Lipinski definition) is 3. The van der Waals surface area contributed by atoms with Gasteiger partial charge in [-0.15, -0.1) is 0 Å². The van der Waals surface area contributed by atoms with E-state index in [0.717, 1.165) is 0 Å². The van der Waals surface area contributed by atoms with Crippen LogP contribution in [0.2, 0.25) is 0 Å². The van der Waals surface area contributed by atoms with Crippen molar-refractivity contribution in [2.45, 2.75) is 6.10 Å². The summed E-state index contributed by atoms with van der Waals surface area (Å²) in [5.41, 5.74) is 6.74. The van der Waals surface area contributed by atoms with Gasteiger partial charge in [-0.2, -0.15) is 0 Å². The molecule has 0 heterocycles. The Morgan fingerprint density at radius 3 is 2.78 bits per heavy atom. The molecule has 0 spiro atoms. The average Bonchev–Trinajstić information content (AvgIpc) is 2.28. The van der Waals surface area contributed by atoms with Crippen molar-refractivity contribution < 1.29 is 19.7 Å². The summed E-state index contributed by atoms with van der Waals surface area (Å²) in [6.45, 7) is 0.451. The van der Waals surface area contributed by atoms with Crippen LogP contribution in [0, 0.1) is 0 Å². The van der Waals surface area contributed by atoms with Crippen molar-refractivity contribution in [1.29, 1.82) is 0 Å². The Bertz CT molecular complexity index is 423. The van der Waals surface area contributed by atoms with Crippen molar-refractivity contribution in [1.82, 2.24) is 0 Å². The Morgan fingerprint density at radius 2 is 2.22 bits per heavy atom. The lowest BCUT2D eigenvalue weighted by Crippen LogP contribution is -2.32. The van der Waals surface area contributed by atoms with E-state index in [9.17, 15) is 9.90 Å². The lowest BCUT2D eigenvalue weighted by atomic mass is 10.1. The number of aliphatic hydroxyl groups is 1. The molecule has 1 atom stereocenters. The number of nitrogens with zero attached hydrogens (tertiary/aromatic N) is 1. The molecule has 1 rings (SSSR count). The third-order valence-electron chi connectivity index (χ3n) is 2.51. The highest BCUT2D eigenvalue weighted by atomic mass is 16.5. The van der Waals surface area contributed by atoms with Gasteiger partial charge in [0, 0.05) is 26.4 Å². The summed E-state index contributed by atoms with van der Waals surface area (Å²) in [5, 5.41) is 18.7. The number of carboxylic acids is 1. The molecule has 0 aliphatic rings. The number of methoxy groups -OCH3 is 1. The number of aromatic carboxylic acids is 1. The number of carboxylic acid groups (broad SMARTS) is 1. The standard InChI is InChI=1S/C12H18N2O4/c1-14(6-9(15)7-18-2)11-5-8(13)3-4-10(11)12(16)17/h3-5,9,15H,6-7,13H2,1-2H3,(H,16,17). The van der Waals surface area contributed by atoms with Gasteiger partial charge in [-0.1, -0.05) is 0 Å². The highest BCUT2D eigenvalue weighted by molar-refractivity contribution is 5.95. The smallest absolute Gasteiger partial charge is 0.337 e. The van der Waals surface area contributed by atoms with Crippen LogP contribution in [0.4, 0.5) is 11.4 Å². The molecule has 0 saturated carbocycles. The Morgan fingerprint density at radius 1 is 1.56 bits per heavy atom. The Labute approximate surface area is 106 Å². The van der Waals surface area contributed by atoms with Gasteiger partial charge < -0.3 is 25.6 Å². The zero-order valence-corrected chi connectivity index (χ0v) is 10.5. The minimum absolute atomic E-state index is 0.149. The number of rotatable bonds is 6. The summed E-state index contributed by atoms with van der Waals surface area (Å²) >= 11 is 0. The molecule has 6 heteroatoms. The maximum Gasteiger partial charge on any atom is 0.337 e. The van der Waals surface area contributed by atoms with Crippen molar-refractivity contribution in [2.24, 2.45) is 0 Å². The summed E-state index contributed by atoms with van der Waals surface area (Å²) < 4.78 is 4.82. The maximum absolute atomic E-state index is 11.1. The summed E-state index contributed by atoms with van der Waals surface area (Å²) in [4.78, 5) is 12.7. The van der Waals surface area contributed by atoms with Crippen molar-refractivity contribution >= 4 is 17.3 Å². The number of hydrogen-bond acceptors (Lipinski definition) is 5. The lowest BCUT2D eigenvalue weighted by Gasteiger charge is -2.24. The van der Waals surface area contributed by atoms with E-state index >= 15 is 0 Å². The molecule has 0 fully saturated rings. The first-order valence-electron chi connectivity index (χ1n) is 5.46. The topological polar surface area (TPSA) is 96.0 Å². The van der Waals surface area contributed by atoms with Gasteiger partial charge in [0.05, 0.1) is 24.0 Å². The summed E-state index contributed by atoms with van der Waals surface area (Å²) in [6, 6.07) is 4.56. The second kappa shape index (κ2) is 6.23. The van der Waals surface area contributed by atoms with Gasteiger partial charge in [0.25, 0.3) is 0 Å². The quantitative estimate of drug-likeness (QED) is 0.636. The van der Waals surface area contributed by atoms with E-state index in [4.69, 9.17) is 15.6 Å². The van der Waals surface area contributed by atoms with E-state index in [2.05, 4.69) is 0 Å². The molecular weight excluding hydrogens is 236 g/mol. The van der Waals surface area contributed by atoms with Crippen LogP contribution >= 0.6 is 0 Å². The van der Waals surface area contributed by atoms with Crippen LogP contribution in [-0.4, -0.2) is 49.6 Å². The van der Waals surface area contributed by atoms with E-state index in [0.29, 0.717) is 11.4 Å². The largest absolute Gasteiger partial charge is 0.478 e. The van der Waals surface area contributed by atoms with Gasteiger partial charge in [-0.05, 0) is 18.2 Å². The highest BCUT2D eigenvalue weighted by Gasteiger charge is 2.16. The van der Waals surface area contributed by atoms with Gasteiger partial charge in [-0.3, -0.25) is 0 Å². The Hall–Kier alpha value is -1.79. The van der Waals surface area contributed by atoms with E-state index in [1.54, 1.807) is 18.0 Å². The third-order valence-corrected chi connectivity index (χ3v) is 2.51. The fourth-order valence-electron chi connectivity index (χ4n) is 1.70. The highest BCUT2D eigenvalue weighted by Crippen LogP contribution is 2.23. The third kappa shape index (κ3) is 3.61. The molecule has 100 valence electrons. The maximum atomic E-state index is 11.1. The molecule has 0 radical (unpaired) electrons. The fraction of sp³-hybridized carbons (Fsp3) is 0.417. The molecule has 1 aromatic carbocycles. The van der Waals surface area contributed by atoms with Crippen molar-refractivity contribution in [2.75, 3.05) is 37.9 Å². The van der Waals surface area contributed by atoms with Gasteiger partial charge in [0.15, 0.2) is 0 Å². The zero-order valence-electron chi connectivity index (χ0n) is 10.5. The molecule has 1 unspecified atom stereocenters. The molecule has 1 aromatic rings.